The fourth-order valence-electron chi connectivity index (χ4n) is 2.88. The third kappa shape index (κ3) is 4.46. The van der Waals surface area contributed by atoms with Gasteiger partial charge in [-0.3, -0.25) is 10.1 Å². The molecule has 1 heterocycles. The fraction of sp³-hybridized carbons (Fsp3) is 0.933. The average Bonchev–Trinajstić information content (AvgIpc) is 3.22. The Balaban J connectivity index is 1.85. The first-order valence-electron chi connectivity index (χ1n) is 7.72. The minimum absolute atomic E-state index is 0.116. The summed E-state index contributed by atoms with van der Waals surface area (Å²) in [6, 6.07) is 0.522. The summed E-state index contributed by atoms with van der Waals surface area (Å²) in [7, 11) is 1.49. The number of likely N-dealkylation sites (tertiary alicyclic amines) is 1. The van der Waals surface area contributed by atoms with Gasteiger partial charge in [-0.25, -0.2) is 0 Å². The van der Waals surface area contributed by atoms with E-state index in [1.807, 2.05) is 6.92 Å². The predicted molar refractivity (Wildman–Crippen MR) is 76.1 cm³/mol. The molecule has 1 atom stereocenters. The van der Waals surface area contributed by atoms with E-state index in [9.17, 15) is 4.79 Å². The lowest BCUT2D eigenvalue weighted by Gasteiger charge is -2.31. The summed E-state index contributed by atoms with van der Waals surface area (Å²) in [5, 5.41) is 3.47. The van der Waals surface area contributed by atoms with Crippen LogP contribution in [-0.4, -0.2) is 49.2 Å². The molecule has 19 heavy (non-hydrogen) atoms. The van der Waals surface area contributed by atoms with Crippen molar-refractivity contribution in [3.8, 4) is 0 Å². The zero-order valence-corrected chi connectivity index (χ0v) is 12.4. The number of carbonyl (C=O) groups excluding carboxylic acids is 1. The van der Waals surface area contributed by atoms with Crippen LogP contribution in [0.25, 0.3) is 0 Å². The Hall–Kier alpha value is -0.610. The average molecular weight is 268 g/mol. The van der Waals surface area contributed by atoms with Crippen LogP contribution in [0.3, 0.4) is 0 Å². The molecule has 0 aromatic heterocycles. The zero-order chi connectivity index (χ0) is 13.7. The van der Waals surface area contributed by atoms with Crippen LogP contribution in [0.4, 0.5) is 0 Å². The molecular formula is C15H28N2O2. The molecule has 1 unspecified atom stereocenters. The van der Waals surface area contributed by atoms with E-state index >= 15 is 0 Å². The Morgan fingerprint density at radius 2 is 1.89 bits per heavy atom. The molecule has 1 aliphatic carbocycles. The largest absolute Gasteiger partial charge is 0.468 e. The first-order valence-corrected chi connectivity index (χ1v) is 7.72. The highest BCUT2D eigenvalue weighted by Crippen LogP contribution is 2.25. The van der Waals surface area contributed by atoms with Crippen molar-refractivity contribution in [1.29, 1.82) is 0 Å². The van der Waals surface area contributed by atoms with Gasteiger partial charge in [-0.1, -0.05) is 12.8 Å². The minimum atomic E-state index is -0.512. The van der Waals surface area contributed by atoms with Crippen LogP contribution in [0.15, 0.2) is 0 Å². The third-order valence-electron chi connectivity index (χ3n) is 4.36. The van der Waals surface area contributed by atoms with Crippen molar-refractivity contribution in [2.45, 2.75) is 63.5 Å². The summed E-state index contributed by atoms with van der Waals surface area (Å²) in [4.78, 5) is 14.5. The fourth-order valence-corrected chi connectivity index (χ4v) is 2.88. The van der Waals surface area contributed by atoms with E-state index in [2.05, 4.69) is 10.2 Å². The summed E-state index contributed by atoms with van der Waals surface area (Å²) in [5.41, 5.74) is -0.512. The Kier molecular flexibility index (Phi) is 5.22. The van der Waals surface area contributed by atoms with Gasteiger partial charge >= 0.3 is 5.97 Å². The van der Waals surface area contributed by atoms with Crippen molar-refractivity contribution in [2.24, 2.45) is 0 Å². The van der Waals surface area contributed by atoms with Crippen LogP contribution in [-0.2, 0) is 9.53 Å². The van der Waals surface area contributed by atoms with E-state index in [-0.39, 0.29) is 5.97 Å². The van der Waals surface area contributed by atoms with Crippen molar-refractivity contribution in [3.63, 3.8) is 0 Å². The smallest absolute Gasteiger partial charge is 0.325 e. The molecule has 1 saturated carbocycles. The highest BCUT2D eigenvalue weighted by Gasteiger charge is 2.39. The van der Waals surface area contributed by atoms with Crippen LogP contribution in [0.5, 0.6) is 0 Å². The van der Waals surface area contributed by atoms with Gasteiger partial charge in [0.05, 0.1) is 7.11 Å². The summed E-state index contributed by atoms with van der Waals surface area (Å²) >= 11 is 0. The monoisotopic (exact) mass is 268 g/mol. The maximum absolute atomic E-state index is 12.0. The molecule has 1 aliphatic heterocycles. The van der Waals surface area contributed by atoms with Crippen molar-refractivity contribution in [2.75, 3.05) is 26.7 Å². The van der Waals surface area contributed by atoms with Gasteiger partial charge in [0.2, 0.25) is 0 Å². The number of hydrogen-bond acceptors (Lipinski definition) is 4. The second-order valence-electron chi connectivity index (χ2n) is 6.25. The number of rotatable bonds is 6. The van der Waals surface area contributed by atoms with Crippen molar-refractivity contribution >= 4 is 5.97 Å². The van der Waals surface area contributed by atoms with Gasteiger partial charge in [0.15, 0.2) is 0 Å². The number of carbonyl (C=O) groups is 1. The van der Waals surface area contributed by atoms with E-state index in [0.717, 1.165) is 13.0 Å². The van der Waals surface area contributed by atoms with Crippen LogP contribution >= 0.6 is 0 Å². The van der Waals surface area contributed by atoms with Gasteiger partial charge in [0, 0.05) is 12.6 Å². The predicted octanol–water partition coefficient (Wildman–Crippen LogP) is 1.94. The van der Waals surface area contributed by atoms with Gasteiger partial charge in [0.1, 0.15) is 5.54 Å². The molecule has 4 nitrogen and oxygen atoms in total. The second-order valence-corrected chi connectivity index (χ2v) is 6.25. The lowest BCUT2D eigenvalue weighted by molar-refractivity contribution is -0.148. The molecule has 0 aromatic carbocycles. The van der Waals surface area contributed by atoms with E-state index in [4.69, 9.17) is 4.74 Å². The Bertz CT molecular complexity index is 297. The normalized spacial score (nSPS) is 24.5. The quantitative estimate of drug-likeness (QED) is 0.748. The van der Waals surface area contributed by atoms with E-state index in [1.54, 1.807) is 0 Å². The third-order valence-corrected chi connectivity index (χ3v) is 4.36. The molecule has 0 radical (unpaired) electrons. The first-order chi connectivity index (χ1) is 9.14. The summed E-state index contributed by atoms with van der Waals surface area (Å²) < 4.78 is 4.99. The van der Waals surface area contributed by atoms with Gasteiger partial charge in [-0.2, -0.15) is 0 Å². The molecule has 1 N–H and O–H groups in total. The molecule has 0 aromatic rings. The molecule has 2 aliphatic rings. The number of nitrogens with one attached hydrogen (secondary N) is 1. The zero-order valence-electron chi connectivity index (χ0n) is 12.4. The standard InChI is InChI=1S/C15H28N2O2/c1-15(14(18)19-2,16-13-7-8-13)9-12-17-10-5-3-4-6-11-17/h13,16H,3-12H2,1-2H3. The van der Waals surface area contributed by atoms with E-state index in [1.165, 1.54) is 58.7 Å². The van der Waals surface area contributed by atoms with Crippen molar-refractivity contribution in [3.05, 3.63) is 0 Å². The van der Waals surface area contributed by atoms with Crippen molar-refractivity contribution in [1.82, 2.24) is 10.2 Å². The molecule has 2 fully saturated rings. The van der Waals surface area contributed by atoms with Gasteiger partial charge in [-0.15, -0.1) is 0 Å². The number of esters is 1. The van der Waals surface area contributed by atoms with Gasteiger partial charge in [0.25, 0.3) is 0 Å². The highest BCUT2D eigenvalue weighted by molar-refractivity contribution is 5.80. The number of methoxy groups -OCH3 is 1. The van der Waals surface area contributed by atoms with Crippen LogP contribution in [0.2, 0.25) is 0 Å². The summed E-state index contributed by atoms with van der Waals surface area (Å²) in [5.74, 6) is -0.116. The number of nitrogens with zero attached hydrogens (tertiary/aromatic N) is 1. The number of ether oxygens (including phenoxy) is 1. The Labute approximate surface area is 116 Å². The van der Waals surface area contributed by atoms with Crippen LogP contribution in [0.1, 0.15) is 51.9 Å². The Morgan fingerprint density at radius 1 is 1.26 bits per heavy atom. The lowest BCUT2D eigenvalue weighted by Crippen LogP contribution is -2.53. The summed E-state index contributed by atoms with van der Waals surface area (Å²) in [6.07, 6.45) is 8.52. The SMILES string of the molecule is COC(=O)C(C)(CCN1CCCCCC1)NC1CC1. The molecule has 2 rings (SSSR count). The minimum Gasteiger partial charge on any atom is -0.468 e. The highest BCUT2D eigenvalue weighted by atomic mass is 16.5. The Morgan fingerprint density at radius 3 is 2.42 bits per heavy atom. The maximum Gasteiger partial charge on any atom is 0.325 e. The van der Waals surface area contributed by atoms with Crippen LogP contribution < -0.4 is 5.32 Å². The van der Waals surface area contributed by atoms with Gasteiger partial charge < -0.3 is 9.64 Å². The maximum atomic E-state index is 12.0. The summed E-state index contributed by atoms with van der Waals surface area (Å²) in [6.45, 7) is 5.35. The van der Waals surface area contributed by atoms with E-state index in [0.29, 0.717) is 6.04 Å². The van der Waals surface area contributed by atoms with Crippen molar-refractivity contribution < 1.29 is 9.53 Å². The molecule has 0 bridgehead atoms. The van der Waals surface area contributed by atoms with E-state index < -0.39 is 5.54 Å². The first kappa shape index (κ1) is 14.8. The van der Waals surface area contributed by atoms with Crippen LogP contribution in [0, 0.1) is 0 Å². The molecule has 1 saturated heterocycles. The molecule has 0 spiro atoms. The molecule has 0 amide bonds. The lowest BCUT2D eigenvalue weighted by atomic mass is 9.97. The van der Waals surface area contributed by atoms with Gasteiger partial charge in [-0.05, 0) is 52.1 Å². The number of hydrogen-bond donors (Lipinski definition) is 1. The molecule has 4 heteroatoms. The molecule has 110 valence electrons. The molecular weight excluding hydrogens is 240 g/mol. The topological polar surface area (TPSA) is 41.6 Å². The second kappa shape index (κ2) is 6.71.